The van der Waals surface area contributed by atoms with E-state index < -0.39 is 0 Å². The first-order valence-electron chi connectivity index (χ1n) is 8.93. The normalized spacial score (nSPS) is 22.6. The summed E-state index contributed by atoms with van der Waals surface area (Å²) in [4.78, 5) is 18.2. The summed E-state index contributed by atoms with van der Waals surface area (Å²) < 4.78 is 19.3. The van der Waals surface area contributed by atoms with Gasteiger partial charge in [0.2, 0.25) is 5.91 Å². The van der Waals surface area contributed by atoms with Crippen LogP contribution in [-0.2, 0) is 9.53 Å². The molecule has 2 heterocycles. The first-order chi connectivity index (χ1) is 11.9. The van der Waals surface area contributed by atoms with Crippen molar-refractivity contribution in [1.82, 2.24) is 9.80 Å². The lowest BCUT2D eigenvalue weighted by Crippen LogP contribution is -2.49. The molecule has 1 spiro atoms. The van der Waals surface area contributed by atoms with Crippen LogP contribution in [0.25, 0.3) is 0 Å². The molecule has 0 radical (unpaired) electrons. The Bertz CT molecular complexity index is 597. The molecule has 0 N–H and O–H groups in total. The van der Waals surface area contributed by atoms with Crippen molar-refractivity contribution in [2.45, 2.75) is 30.9 Å². The van der Waals surface area contributed by atoms with Crippen LogP contribution in [0.2, 0.25) is 0 Å². The van der Waals surface area contributed by atoms with Crippen molar-refractivity contribution >= 4 is 11.6 Å². The van der Waals surface area contributed by atoms with Crippen LogP contribution >= 0.6 is 0 Å². The number of carbonyl (C=O) groups is 1. The lowest BCUT2D eigenvalue weighted by Gasteiger charge is -2.39. The number of nitrogens with zero attached hydrogens (tertiary/aromatic N) is 3. The van der Waals surface area contributed by atoms with Gasteiger partial charge in [0.25, 0.3) is 0 Å². The van der Waals surface area contributed by atoms with E-state index in [9.17, 15) is 9.18 Å². The second-order valence-corrected chi connectivity index (χ2v) is 7.56. The maximum atomic E-state index is 13.1. The van der Waals surface area contributed by atoms with Gasteiger partial charge in [-0.2, -0.15) is 0 Å². The third-order valence-electron chi connectivity index (χ3n) is 5.45. The highest BCUT2D eigenvalue weighted by molar-refractivity contribution is 5.78. The highest BCUT2D eigenvalue weighted by Gasteiger charge is 2.44. The summed E-state index contributed by atoms with van der Waals surface area (Å²) in [7, 11) is 5.87. The zero-order valence-electron chi connectivity index (χ0n) is 15.4. The Kier molecular flexibility index (Phi) is 5.29. The van der Waals surface area contributed by atoms with E-state index in [0.717, 1.165) is 38.0 Å². The minimum Gasteiger partial charge on any atom is -0.373 e. The standard InChI is InChI=1S/C19H28FN3O2/c1-21(2)13-18(24)23-10-8-19(9-11-23)12-17(14-25-19)22(3)16-6-4-15(20)5-7-16/h4-7,17H,8-14H2,1-3H3. The zero-order valence-corrected chi connectivity index (χ0v) is 15.4. The van der Waals surface area contributed by atoms with Crippen molar-refractivity contribution in [3.05, 3.63) is 30.1 Å². The van der Waals surface area contributed by atoms with E-state index in [2.05, 4.69) is 4.90 Å². The van der Waals surface area contributed by atoms with Gasteiger partial charge >= 0.3 is 0 Å². The van der Waals surface area contributed by atoms with Gasteiger partial charge in [-0.05, 0) is 57.6 Å². The van der Waals surface area contributed by atoms with Gasteiger partial charge in [0.1, 0.15) is 5.82 Å². The van der Waals surface area contributed by atoms with E-state index in [1.165, 1.54) is 12.1 Å². The molecule has 25 heavy (non-hydrogen) atoms. The monoisotopic (exact) mass is 349 g/mol. The number of likely N-dealkylation sites (tertiary alicyclic amines) is 1. The molecular formula is C19H28FN3O2. The van der Waals surface area contributed by atoms with Crippen LogP contribution in [0, 0.1) is 5.82 Å². The second kappa shape index (κ2) is 7.30. The van der Waals surface area contributed by atoms with Crippen molar-refractivity contribution in [3.63, 3.8) is 0 Å². The van der Waals surface area contributed by atoms with Crippen LogP contribution in [-0.4, -0.2) is 74.7 Å². The number of piperidine rings is 1. The predicted octanol–water partition coefficient (Wildman–Crippen LogP) is 1.97. The van der Waals surface area contributed by atoms with Crippen LogP contribution in [0.5, 0.6) is 0 Å². The molecule has 138 valence electrons. The molecule has 0 aliphatic carbocycles. The predicted molar refractivity (Wildman–Crippen MR) is 96.3 cm³/mol. The highest BCUT2D eigenvalue weighted by Crippen LogP contribution is 2.38. The van der Waals surface area contributed by atoms with Gasteiger partial charge in [0.15, 0.2) is 0 Å². The van der Waals surface area contributed by atoms with Crippen LogP contribution in [0.1, 0.15) is 19.3 Å². The fourth-order valence-electron chi connectivity index (χ4n) is 3.84. The Morgan fingerprint density at radius 1 is 1.24 bits per heavy atom. The Morgan fingerprint density at radius 3 is 2.48 bits per heavy atom. The largest absolute Gasteiger partial charge is 0.373 e. The lowest BCUT2D eigenvalue weighted by atomic mass is 9.87. The number of rotatable bonds is 4. The smallest absolute Gasteiger partial charge is 0.236 e. The molecule has 1 aromatic carbocycles. The fourth-order valence-corrected chi connectivity index (χ4v) is 3.84. The Hall–Kier alpha value is -1.66. The molecule has 1 aromatic rings. The number of hydrogen-bond donors (Lipinski definition) is 0. The minimum absolute atomic E-state index is 0.117. The Labute approximate surface area is 149 Å². The first kappa shape index (κ1) is 18.1. The van der Waals surface area contributed by atoms with Gasteiger partial charge in [0, 0.05) is 25.8 Å². The fraction of sp³-hybridized carbons (Fsp3) is 0.632. The second-order valence-electron chi connectivity index (χ2n) is 7.56. The van der Waals surface area contributed by atoms with Gasteiger partial charge in [-0.25, -0.2) is 4.39 Å². The number of anilines is 1. The summed E-state index contributed by atoms with van der Waals surface area (Å²) >= 11 is 0. The third kappa shape index (κ3) is 4.12. The van der Waals surface area contributed by atoms with Gasteiger partial charge in [-0.15, -0.1) is 0 Å². The van der Waals surface area contributed by atoms with E-state index in [-0.39, 0.29) is 23.4 Å². The van der Waals surface area contributed by atoms with Crippen molar-refractivity contribution in [3.8, 4) is 0 Å². The van der Waals surface area contributed by atoms with Crippen LogP contribution in [0.15, 0.2) is 24.3 Å². The molecule has 1 atom stereocenters. The maximum absolute atomic E-state index is 13.1. The van der Waals surface area contributed by atoms with Crippen LogP contribution in [0.4, 0.5) is 10.1 Å². The summed E-state index contributed by atoms with van der Waals surface area (Å²) in [6.45, 7) is 2.67. The van der Waals surface area contributed by atoms with Gasteiger partial charge in [-0.1, -0.05) is 0 Å². The van der Waals surface area contributed by atoms with Crippen molar-refractivity contribution < 1.29 is 13.9 Å². The Balaban J connectivity index is 1.56. The first-order valence-corrected chi connectivity index (χ1v) is 8.93. The number of halogens is 1. The Morgan fingerprint density at radius 2 is 1.88 bits per heavy atom. The molecule has 2 aliphatic rings. The minimum atomic E-state index is -0.217. The number of benzene rings is 1. The number of likely N-dealkylation sites (N-methyl/N-ethyl adjacent to an activating group) is 2. The quantitative estimate of drug-likeness (QED) is 0.833. The zero-order chi connectivity index (χ0) is 18.0. The SMILES string of the molecule is CN(C)CC(=O)N1CCC2(CC1)CC(N(C)c1ccc(F)cc1)CO2. The topological polar surface area (TPSA) is 36.0 Å². The van der Waals surface area contributed by atoms with Crippen molar-refractivity contribution in [2.24, 2.45) is 0 Å². The molecule has 1 unspecified atom stereocenters. The molecule has 0 aromatic heterocycles. The average Bonchev–Trinajstić information content (AvgIpc) is 2.98. The maximum Gasteiger partial charge on any atom is 0.236 e. The number of amides is 1. The molecule has 1 amide bonds. The molecule has 2 aliphatic heterocycles. The summed E-state index contributed by atoms with van der Waals surface area (Å²) in [6, 6.07) is 6.89. The molecule has 2 saturated heterocycles. The van der Waals surface area contributed by atoms with E-state index in [1.54, 1.807) is 0 Å². The summed E-state index contributed by atoms with van der Waals surface area (Å²) in [5.74, 6) is -0.0242. The molecule has 0 saturated carbocycles. The summed E-state index contributed by atoms with van der Waals surface area (Å²) in [6.07, 6.45) is 2.73. The number of carbonyl (C=O) groups excluding carboxylic acids is 1. The van der Waals surface area contributed by atoms with E-state index >= 15 is 0 Å². The van der Waals surface area contributed by atoms with Crippen LogP contribution in [0.3, 0.4) is 0 Å². The van der Waals surface area contributed by atoms with E-state index in [1.807, 2.05) is 43.1 Å². The molecule has 3 rings (SSSR count). The van der Waals surface area contributed by atoms with Crippen LogP contribution < -0.4 is 4.90 Å². The highest BCUT2D eigenvalue weighted by atomic mass is 19.1. The average molecular weight is 349 g/mol. The third-order valence-corrected chi connectivity index (χ3v) is 5.45. The lowest BCUT2D eigenvalue weighted by molar-refractivity contribution is -0.136. The molecule has 2 fully saturated rings. The molecule has 6 heteroatoms. The van der Waals surface area contributed by atoms with E-state index in [0.29, 0.717) is 13.2 Å². The van der Waals surface area contributed by atoms with Gasteiger partial charge in [-0.3, -0.25) is 4.79 Å². The van der Waals surface area contributed by atoms with Crippen molar-refractivity contribution in [2.75, 3.05) is 52.3 Å². The van der Waals surface area contributed by atoms with Gasteiger partial charge < -0.3 is 19.4 Å². The van der Waals surface area contributed by atoms with Gasteiger partial charge in [0.05, 0.1) is 24.8 Å². The van der Waals surface area contributed by atoms with E-state index in [4.69, 9.17) is 4.74 Å². The number of ether oxygens (including phenoxy) is 1. The molecule has 5 nitrogen and oxygen atoms in total. The van der Waals surface area contributed by atoms with Crippen molar-refractivity contribution in [1.29, 1.82) is 0 Å². The molecular weight excluding hydrogens is 321 g/mol. The summed E-state index contributed by atoms with van der Waals surface area (Å²) in [5, 5.41) is 0. The number of hydrogen-bond acceptors (Lipinski definition) is 4. The molecule has 0 bridgehead atoms. The summed E-state index contributed by atoms with van der Waals surface area (Å²) in [5.41, 5.74) is 0.888.